The number of para-hydroxylation sites is 4. The lowest BCUT2D eigenvalue weighted by Gasteiger charge is -2.26. The Kier molecular flexibility index (Phi) is 5.91. The molecule has 0 aliphatic heterocycles. The zero-order valence-electron chi connectivity index (χ0n) is 21.6. The van der Waals surface area contributed by atoms with Crippen molar-refractivity contribution in [3.63, 3.8) is 0 Å². The van der Waals surface area contributed by atoms with E-state index < -0.39 is 0 Å². The third kappa shape index (κ3) is 4.36. The SMILES string of the molecule is c1ccc(N(c2ccccc2)c2ccc3c(c2)Cc2cc(N(c4ccccc4)c4ccccc4)ccc2-3)cc1. The summed E-state index contributed by atoms with van der Waals surface area (Å²) in [6.07, 6.45) is 0.918. The van der Waals surface area contributed by atoms with Crippen molar-refractivity contribution < 1.29 is 0 Å². The highest BCUT2D eigenvalue weighted by molar-refractivity contribution is 5.86. The van der Waals surface area contributed by atoms with Gasteiger partial charge < -0.3 is 9.80 Å². The third-order valence-corrected chi connectivity index (χ3v) is 7.42. The van der Waals surface area contributed by atoms with Crippen LogP contribution in [0.3, 0.4) is 0 Å². The van der Waals surface area contributed by atoms with E-state index in [4.69, 9.17) is 0 Å². The zero-order valence-corrected chi connectivity index (χ0v) is 21.6. The lowest BCUT2D eigenvalue weighted by Crippen LogP contribution is -2.10. The smallest absolute Gasteiger partial charge is 0.0464 e. The van der Waals surface area contributed by atoms with Crippen molar-refractivity contribution in [1.82, 2.24) is 0 Å². The van der Waals surface area contributed by atoms with Gasteiger partial charge in [0, 0.05) is 34.1 Å². The van der Waals surface area contributed by atoms with Crippen LogP contribution in [0.4, 0.5) is 34.1 Å². The van der Waals surface area contributed by atoms with Gasteiger partial charge in [0.15, 0.2) is 0 Å². The summed E-state index contributed by atoms with van der Waals surface area (Å²) in [4.78, 5) is 4.67. The monoisotopic (exact) mass is 500 g/mol. The molecule has 1 aliphatic carbocycles. The number of benzene rings is 6. The second-order valence-electron chi connectivity index (χ2n) is 9.87. The van der Waals surface area contributed by atoms with Crippen LogP contribution >= 0.6 is 0 Å². The second-order valence-corrected chi connectivity index (χ2v) is 9.87. The molecule has 0 amide bonds. The van der Waals surface area contributed by atoms with Crippen LogP contribution < -0.4 is 9.80 Å². The Balaban J connectivity index is 1.27. The molecule has 2 heteroatoms. The van der Waals surface area contributed by atoms with Gasteiger partial charge in [0.1, 0.15) is 0 Å². The average Bonchev–Trinajstić information content (AvgIpc) is 3.37. The zero-order chi connectivity index (χ0) is 26.0. The van der Waals surface area contributed by atoms with Crippen LogP contribution in [0.5, 0.6) is 0 Å². The van der Waals surface area contributed by atoms with E-state index in [2.05, 4.69) is 168 Å². The first kappa shape index (κ1) is 23.1. The minimum absolute atomic E-state index is 0.918. The number of rotatable bonds is 6. The molecule has 6 aromatic carbocycles. The van der Waals surface area contributed by atoms with Gasteiger partial charge in [-0.25, -0.2) is 0 Å². The summed E-state index contributed by atoms with van der Waals surface area (Å²) < 4.78 is 0. The van der Waals surface area contributed by atoms with E-state index in [1.54, 1.807) is 0 Å². The summed E-state index contributed by atoms with van der Waals surface area (Å²) in [6.45, 7) is 0. The predicted molar refractivity (Wildman–Crippen MR) is 164 cm³/mol. The molecule has 0 aromatic heterocycles. The van der Waals surface area contributed by atoms with Crippen LogP contribution in [0, 0.1) is 0 Å². The first-order chi connectivity index (χ1) is 19.3. The van der Waals surface area contributed by atoms with Gasteiger partial charge in [-0.1, -0.05) is 84.9 Å². The van der Waals surface area contributed by atoms with E-state index in [1.807, 2.05) is 0 Å². The summed E-state index contributed by atoms with van der Waals surface area (Å²) in [5.74, 6) is 0. The molecular formula is C37H28N2. The van der Waals surface area contributed by atoms with E-state index in [0.29, 0.717) is 0 Å². The van der Waals surface area contributed by atoms with Gasteiger partial charge in [-0.15, -0.1) is 0 Å². The molecule has 186 valence electrons. The Morgan fingerprint density at radius 2 is 0.615 bits per heavy atom. The van der Waals surface area contributed by atoms with E-state index in [0.717, 1.165) is 29.2 Å². The van der Waals surface area contributed by atoms with Crippen LogP contribution in [-0.4, -0.2) is 0 Å². The van der Waals surface area contributed by atoms with Crippen molar-refractivity contribution in [2.24, 2.45) is 0 Å². The van der Waals surface area contributed by atoms with E-state index in [-0.39, 0.29) is 0 Å². The molecule has 1 aliphatic rings. The van der Waals surface area contributed by atoms with Crippen molar-refractivity contribution in [2.45, 2.75) is 6.42 Å². The van der Waals surface area contributed by atoms with E-state index >= 15 is 0 Å². The molecule has 0 N–H and O–H groups in total. The predicted octanol–water partition coefficient (Wildman–Crippen LogP) is 10.2. The maximum absolute atomic E-state index is 2.36. The topological polar surface area (TPSA) is 6.48 Å². The molecule has 0 radical (unpaired) electrons. The van der Waals surface area contributed by atoms with Gasteiger partial charge in [0.25, 0.3) is 0 Å². The Hall–Kier alpha value is -5.08. The normalized spacial score (nSPS) is 11.5. The van der Waals surface area contributed by atoms with Gasteiger partial charge in [0.2, 0.25) is 0 Å². The molecule has 0 fully saturated rings. The van der Waals surface area contributed by atoms with Crippen molar-refractivity contribution in [2.75, 3.05) is 9.80 Å². The van der Waals surface area contributed by atoms with Crippen LogP contribution in [0.2, 0.25) is 0 Å². The Labute approximate surface area is 230 Å². The minimum Gasteiger partial charge on any atom is -0.310 e. The number of anilines is 6. The Bertz CT molecular complexity index is 1500. The summed E-state index contributed by atoms with van der Waals surface area (Å²) in [6, 6.07) is 56.2. The molecule has 39 heavy (non-hydrogen) atoms. The summed E-state index contributed by atoms with van der Waals surface area (Å²) in [7, 11) is 0. The minimum atomic E-state index is 0.918. The van der Waals surface area contributed by atoms with Crippen molar-refractivity contribution >= 4 is 34.1 Å². The largest absolute Gasteiger partial charge is 0.310 e. The van der Waals surface area contributed by atoms with Crippen LogP contribution in [-0.2, 0) is 6.42 Å². The summed E-state index contributed by atoms with van der Waals surface area (Å²) in [5.41, 5.74) is 12.4. The summed E-state index contributed by atoms with van der Waals surface area (Å²) in [5, 5.41) is 0. The van der Waals surface area contributed by atoms with Crippen LogP contribution in [0.25, 0.3) is 11.1 Å². The van der Waals surface area contributed by atoms with Gasteiger partial charge >= 0.3 is 0 Å². The highest BCUT2D eigenvalue weighted by atomic mass is 15.1. The molecule has 2 nitrogen and oxygen atoms in total. The molecule has 0 spiro atoms. The molecule has 0 heterocycles. The molecule has 6 aromatic rings. The molecule has 0 atom stereocenters. The van der Waals surface area contributed by atoms with Gasteiger partial charge in [-0.05, 0) is 101 Å². The summed E-state index contributed by atoms with van der Waals surface area (Å²) >= 11 is 0. The standard InChI is InChI=1S/C37H28N2/c1-5-13-30(14-6-1)38(31-15-7-2-8-16-31)34-21-23-36-28(26-34)25-29-27-35(22-24-37(29)36)39(32-17-9-3-10-18-32)33-19-11-4-12-20-33/h1-24,26-27H,25H2. The highest BCUT2D eigenvalue weighted by Crippen LogP contribution is 2.44. The number of hydrogen-bond donors (Lipinski definition) is 0. The fraction of sp³-hybridized carbons (Fsp3) is 0.0270. The lowest BCUT2D eigenvalue weighted by molar-refractivity contribution is 1.22. The number of nitrogens with zero attached hydrogens (tertiary/aromatic N) is 2. The number of fused-ring (bicyclic) bond motifs is 3. The molecular weight excluding hydrogens is 472 g/mol. The molecule has 7 rings (SSSR count). The average molecular weight is 501 g/mol. The van der Waals surface area contributed by atoms with Crippen molar-refractivity contribution in [3.05, 3.63) is 169 Å². The molecule has 0 saturated carbocycles. The first-order valence-corrected chi connectivity index (χ1v) is 13.4. The maximum atomic E-state index is 2.36. The fourth-order valence-corrected chi connectivity index (χ4v) is 5.66. The fourth-order valence-electron chi connectivity index (χ4n) is 5.66. The third-order valence-electron chi connectivity index (χ3n) is 7.42. The van der Waals surface area contributed by atoms with Gasteiger partial charge in [-0.2, -0.15) is 0 Å². The van der Waals surface area contributed by atoms with Crippen LogP contribution in [0.1, 0.15) is 11.1 Å². The molecule has 0 bridgehead atoms. The maximum Gasteiger partial charge on any atom is 0.0464 e. The van der Waals surface area contributed by atoms with Crippen LogP contribution in [0.15, 0.2) is 158 Å². The first-order valence-electron chi connectivity index (χ1n) is 13.4. The second kappa shape index (κ2) is 10.00. The van der Waals surface area contributed by atoms with Crippen molar-refractivity contribution in [3.8, 4) is 11.1 Å². The van der Waals surface area contributed by atoms with E-state index in [1.165, 1.54) is 33.6 Å². The number of hydrogen-bond acceptors (Lipinski definition) is 2. The lowest BCUT2D eigenvalue weighted by atomic mass is 10.0. The van der Waals surface area contributed by atoms with Gasteiger partial charge in [-0.3, -0.25) is 0 Å². The van der Waals surface area contributed by atoms with Crippen molar-refractivity contribution in [1.29, 1.82) is 0 Å². The highest BCUT2D eigenvalue weighted by Gasteiger charge is 2.23. The molecule has 0 saturated heterocycles. The Morgan fingerprint density at radius 3 is 0.923 bits per heavy atom. The van der Waals surface area contributed by atoms with E-state index in [9.17, 15) is 0 Å². The Morgan fingerprint density at radius 1 is 0.308 bits per heavy atom. The van der Waals surface area contributed by atoms with Gasteiger partial charge in [0.05, 0.1) is 0 Å². The molecule has 0 unspecified atom stereocenters. The quantitative estimate of drug-likeness (QED) is 0.224.